The van der Waals surface area contributed by atoms with Crippen LogP contribution in [0.1, 0.15) is 84.2 Å². The van der Waals surface area contributed by atoms with Crippen LogP contribution in [0, 0.1) is 5.41 Å². The summed E-state index contributed by atoms with van der Waals surface area (Å²) in [5, 5.41) is 7.94. The number of ether oxygens (including phenoxy) is 1. The van der Waals surface area contributed by atoms with Crippen LogP contribution in [0.15, 0.2) is 146 Å². The predicted molar refractivity (Wildman–Crippen MR) is 291 cm³/mol. The van der Waals surface area contributed by atoms with Gasteiger partial charge in [0.05, 0.1) is 21.8 Å². The summed E-state index contributed by atoms with van der Waals surface area (Å²) in [4.78, 5) is 33.3. The minimum Gasteiger partial charge on any atom is -0.406 e. The van der Waals surface area contributed by atoms with Crippen molar-refractivity contribution in [1.82, 2.24) is 24.7 Å². The number of benzene rings is 5. The highest BCUT2D eigenvalue weighted by Crippen LogP contribution is 2.44. The zero-order chi connectivity index (χ0) is 53.7. The van der Waals surface area contributed by atoms with Gasteiger partial charge in [0.2, 0.25) is 0 Å². The number of anilines is 5. The Bertz CT molecular complexity index is 3270. The highest BCUT2D eigenvalue weighted by Gasteiger charge is 2.38. The number of halogens is 7. The Morgan fingerprint density at radius 2 is 1.29 bits per heavy atom. The molecule has 2 N–H and O–H groups in total. The molecule has 0 bridgehead atoms. The number of para-hydroxylation sites is 1. The van der Waals surface area contributed by atoms with E-state index in [2.05, 4.69) is 81.4 Å². The number of fused-ring (bicyclic) bond motifs is 2. The number of aromatic nitrogens is 4. The van der Waals surface area contributed by atoms with E-state index in [1.807, 2.05) is 43.3 Å². The lowest BCUT2D eigenvalue weighted by molar-refractivity contribution is -0.274. The monoisotopic (exact) mass is 1070 g/mol. The molecule has 6 heterocycles. The van der Waals surface area contributed by atoms with Crippen LogP contribution >= 0.6 is 11.6 Å². The Kier molecular flexibility index (Phi) is 15.5. The van der Waals surface area contributed by atoms with Crippen LogP contribution in [0.25, 0.3) is 16.6 Å². The van der Waals surface area contributed by atoms with Crippen molar-refractivity contribution in [2.75, 3.05) is 59.3 Å². The van der Waals surface area contributed by atoms with E-state index in [1.165, 1.54) is 30.0 Å². The van der Waals surface area contributed by atoms with E-state index >= 15 is 0 Å². The fraction of sp³-hybridized carbons (Fsp3) is 0.322. The van der Waals surface area contributed by atoms with E-state index in [4.69, 9.17) is 11.6 Å². The first kappa shape index (κ1) is 52.9. The molecule has 3 saturated heterocycles. The van der Waals surface area contributed by atoms with Gasteiger partial charge in [-0.3, -0.25) is 9.20 Å². The highest BCUT2D eigenvalue weighted by molar-refractivity contribution is 6.30. The molecule has 0 unspecified atom stereocenters. The third-order valence-corrected chi connectivity index (χ3v) is 15.5. The lowest BCUT2D eigenvalue weighted by Gasteiger charge is -2.48. The smallest absolute Gasteiger partial charge is 0.406 e. The standard InChI is InChI=1S/C30H30F3N5.C29H28ClF3N4O2/c31-30(32,33)22-5-9-24(10-6-22)37-17-13-29(14-18-37)15-19-38(20-16-29)25-11-7-23(8-12-25)36-28-26-3-1-2-4-27(26)34-21-35-28;1-2-25-27(37-18-22(30)7-12-26(37)35-25)28(38)34-17-19-3-8-23(9-4-19)36-15-13-21(14-16-36)20-5-10-24(11-6-20)39-29(31,32)33/h1-12,21H,13-20H2,(H,34,35,36);3-12,18,21H,2,13-17H2,1H3,(H,34,38). The Labute approximate surface area is 447 Å². The maximum atomic E-state index is 13.0. The number of imidazole rings is 1. The van der Waals surface area contributed by atoms with Crippen LogP contribution in [0.5, 0.6) is 5.75 Å². The van der Waals surface area contributed by atoms with Crippen LogP contribution in [-0.4, -0.2) is 70.9 Å². The number of hydrogen-bond acceptors (Lipinski definition) is 9. The average Bonchev–Trinajstić information content (AvgIpc) is 3.82. The normalized spacial score (nSPS) is 16.1. The summed E-state index contributed by atoms with van der Waals surface area (Å²) in [7, 11) is 0. The van der Waals surface area contributed by atoms with Gasteiger partial charge in [0.25, 0.3) is 5.91 Å². The summed E-state index contributed by atoms with van der Waals surface area (Å²) in [5.74, 6) is 0.684. The van der Waals surface area contributed by atoms with Gasteiger partial charge in [0.15, 0.2) is 0 Å². The quantitative estimate of drug-likeness (QED) is 0.123. The fourth-order valence-corrected chi connectivity index (χ4v) is 11.1. The number of pyridine rings is 1. The molecule has 11 rings (SSSR count). The number of rotatable bonds is 11. The first-order valence-corrected chi connectivity index (χ1v) is 26.3. The molecule has 77 heavy (non-hydrogen) atoms. The Morgan fingerprint density at radius 3 is 1.88 bits per heavy atom. The molecule has 400 valence electrons. The van der Waals surface area contributed by atoms with Gasteiger partial charge in [0, 0.05) is 80.1 Å². The van der Waals surface area contributed by atoms with Gasteiger partial charge in [0.1, 0.15) is 29.2 Å². The zero-order valence-corrected chi connectivity index (χ0v) is 43.2. The van der Waals surface area contributed by atoms with Crippen LogP contribution in [0.4, 0.5) is 54.9 Å². The molecule has 3 fully saturated rings. The van der Waals surface area contributed by atoms with Crippen molar-refractivity contribution in [3.8, 4) is 5.75 Å². The Morgan fingerprint density at radius 1 is 0.701 bits per heavy atom. The summed E-state index contributed by atoms with van der Waals surface area (Å²) in [6, 6.07) is 39.9. The molecule has 8 aromatic rings. The molecule has 3 aliphatic heterocycles. The van der Waals surface area contributed by atoms with Gasteiger partial charge in [-0.05, 0) is 164 Å². The largest absolute Gasteiger partial charge is 0.573 e. The maximum Gasteiger partial charge on any atom is 0.573 e. The van der Waals surface area contributed by atoms with Crippen molar-refractivity contribution < 1.29 is 35.9 Å². The Balaban J connectivity index is 0.000000175. The predicted octanol–water partition coefficient (Wildman–Crippen LogP) is 14.0. The summed E-state index contributed by atoms with van der Waals surface area (Å²) in [6.45, 7) is 7.85. The summed E-state index contributed by atoms with van der Waals surface area (Å²) in [5.41, 5.74) is 8.75. The minimum atomic E-state index is -4.68. The van der Waals surface area contributed by atoms with Gasteiger partial charge in [-0.1, -0.05) is 54.9 Å². The lowest BCUT2D eigenvalue weighted by atomic mass is 9.71. The molecule has 3 aliphatic rings. The van der Waals surface area contributed by atoms with E-state index in [0.717, 1.165) is 128 Å². The van der Waals surface area contributed by atoms with Crippen LogP contribution < -0.4 is 30.1 Å². The SMILES string of the molecule is CCc1nc2ccc(Cl)cn2c1C(=O)NCc1ccc(N2CCC(c3ccc(OC(F)(F)F)cc3)CC2)cc1.FC(F)(F)c1ccc(N2CCC3(CCN(c4ccc(Nc5ncnc6ccccc56)cc4)CC3)CC2)cc1. The molecule has 18 heteroatoms. The number of hydrogen-bond donors (Lipinski definition) is 2. The molecule has 0 aliphatic carbocycles. The van der Waals surface area contributed by atoms with E-state index in [1.54, 1.807) is 53.3 Å². The molecule has 11 nitrogen and oxygen atoms in total. The number of nitrogens with one attached hydrogen (secondary N) is 2. The number of carbonyl (C=O) groups is 1. The summed E-state index contributed by atoms with van der Waals surface area (Å²) in [6.07, 6.45) is 1.18. The van der Waals surface area contributed by atoms with Crippen molar-refractivity contribution in [1.29, 1.82) is 0 Å². The van der Waals surface area contributed by atoms with Crippen LogP contribution in [0.3, 0.4) is 0 Å². The molecule has 0 radical (unpaired) electrons. The number of carbonyl (C=O) groups excluding carboxylic acids is 1. The van der Waals surface area contributed by atoms with Gasteiger partial charge in [-0.25, -0.2) is 15.0 Å². The first-order valence-electron chi connectivity index (χ1n) is 26.0. The lowest BCUT2D eigenvalue weighted by Crippen LogP contribution is -2.47. The third kappa shape index (κ3) is 12.7. The molecule has 1 amide bonds. The topological polar surface area (TPSA) is 103 Å². The molecule has 1 spiro atoms. The van der Waals surface area contributed by atoms with Gasteiger partial charge < -0.3 is 30.1 Å². The van der Waals surface area contributed by atoms with Crippen LogP contribution in [-0.2, 0) is 19.1 Å². The van der Waals surface area contributed by atoms with E-state index in [0.29, 0.717) is 34.7 Å². The van der Waals surface area contributed by atoms with Gasteiger partial charge >= 0.3 is 12.5 Å². The second kappa shape index (κ2) is 22.6. The van der Waals surface area contributed by atoms with Crippen molar-refractivity contribution in [2.45, 2.75) is 76.9 Å². The van der Waals surface area contributed by atoms with Crippen molar-refractivity contribution in [2.24, 2.45) is 5.41 Å². The molecule has 0 atom stereocenters. The molecular formula is C59H58ClF6N9O2. The maximum absolute atomic E-state index is 13.0. The zero-order valence-electron chi connectivity index (χ0n) is 42.4. The average molecular weight is 1070 g/mol. The minimum absolute atomic E-state index is 0.200. The number of amides is 1. The highest BCUT2D eigenvalue weighted by atomic mass is 35.5. The fourth-order valence-electron chi connectivity index (χ4n) is 10.9. The van der Waals surface area contributed by atoms with Crippen molar-refractivity contribution >= 4 is 62.6 Å². The number of aryl methyl sites for hydroxylation is 1. The molecule has 5 aromatic carbocycles. The molecular weight excluding hydrogens is 1020 g/mol. The third-order valence-electron chi connectivity index (χ3n) is 15.3. The van der Waals surface area contributed by atoms with Gasteiger partial charge in [-0.15, -0.1) is 13.2 Å². The van der Waals surface area contributed by atoms with Gasteiger partial charge in [-0.2, -0.15) is 13.2 Å². The molecule has 3 aromatic heterocycles. The summed E-state index contributed by atoms with van der Waals surface area (Å²) >= 11 is 6.14. The molecule has 0 saturated carbocycles. The number of alkyl halides is 6. The summed E-state index contributed by atoms with van der Waals surface area (Å²) < 4.78 is 81.6. The van der Waals surface area contributed by atoms with E-state index < -0.39 is 18.1 Å². The van der Waals surface area contributed by atoms with E-state index in [-0.39, 0.29) is 17.6 Å². The van der Waals surface area contributed by atoms with Crippen LogP contribution in [0.2, 0.25) is 5.02 Å². The number of nitrogens with zero attached hydrogens (tertiary/aromatic N) is 7. The first-order chi connectivity index (χ1) is 37.1. The van der Waals surface area contributed by atoms with E-state index in [9.17, 15) is 31.1 Å². The second-order valence-corrected chi connectivity index (χ2v) is 20.4. The second-order valence-electron chi connectivity index (χ2n) is 20.0. The van der Waals surface area contributed by atoms with Crippen molar-refractivity contribution in [3.63, 3.8) is 0 Å². The number of piperidine rings is 3. The Hall–Kier alpha value is -7.53. The van der Waals surface area contributed by atoms with Crippen molar-refractivity contribution in [3.05, 3.63) is 179 Å².